The van der Waals surface area contributed by atoms with Crippen LogP contribution >= 0.6 is 0 Å². The standard InChI is InChI=1S/C17H36N2O2/c1-4-11-18-17(5-2,15-20)10-7-12-19-13-8-16(9-14-19)21-6-3/h16,18,20H,4-15H2,1-3H3. The number of nitrogens with zero attached hydrogens (tertiary/aromatic N) is 1. The third-order valence-electron chi connectivity index (χ3n) is 4.80. The molecule has 1 heterocycles. The van der Waals surface area contributed by atoms with Gasteiger partial charge >= 0.3 is 0 Å². The molecule has 0 aromatic carbocycles. The molecule has 1 saturated heterocycles. The number of rotatable bonds is 11. The van der Waals surface area contributed by atoms with Gasteiger partial charge in [-0.25, -0.2) is 0 Å². The molecule has 0 aromatic heterocycles. The second kappa shape index (κ2) is 10.5. The number of hydrogen-bond donors (Lipinski definition) is 2. The molecule has 4 nitrogen and oxygen atoms in total. The predicted octanol–water partition coefficient (Wildman–Crippen LogP) is 2.41. The Morgan fingerprint density at radius 3 is 2.48 bits per heavy atom. The molecular weight excluding hydrogens is 264 g/mol. The normalized spacial score (nSPS) is 20.6. The van der Waals surface area contributed by atoms with Gasteiger partial charge in [-0.2, -0.15) is 0 Å². The van der Waals surface area contributed by atoms with Crippen molar-refractivity contribution in [1.82, 2.24) is 10.2 Å². The molecule has 0 aromatic rings. The molecule has 1 aliphatic heterocycles. The fourth-order valence-corrected chi connectivity index (χ4v) is 3.20. The van der Waals surface area contributed by atoms with Gasteiger partial charge in [0.05, 0.1) is 12.7 Å². The molecule has 1 fully saturated rings. The maximum atomic E-state index is 9.74. The molecular formula is C17H36N2O2. The minimum Gasteiger partial charge on any atom is -0.394 e. The van der Waals surface area contributed by atoms with E-state index < -0.39 is 0 Å². The van der Waals surface area contributed by atoms with Gasteiger partial charge in [0, 0.05) is 25.2 Å². The van der Waals surface area contributed by atoms with Crippen molar-refractivity contribution in [3.63, 3.8) is 0 Å². The molecule has 21 heavy (non-hydrogen) atoms. The summed E-state index contributed by atoms with van der Waals surface area (Å²) in [6.45, 7) is 12.0. The van der Waals surface area contributed by atoms with Crippen molar-refractivity contribution in [2.75, 3.05) is 39.4 Å². The van der Waals surface area contributed by atoms with Crippen molar-refractivity contribution in [1.29, 1.82) is 0 Å². The molecule has 1 unspecified atom stereocenters. The van der Waals surface area contributed by atoms with Crippen molar-refractivity contribution < 1.29 is 9.84 Å². The number of ether oxygens (including phenoxy) is 1. The van der Waals surface area contributed by atoms with Gasteiger partial charge in [0.15, 0.2) is 0 Å². The zero-order valence-electron chi connectivity index (χ0n) is 14.4. The first kappa shape index (κ1) is 18.9. The van der Waals surface area contributed by atoms with E-state index in [1.54, 1.807) is 0 Å². The van der Waals surface area contributed by atoms with E-state index in [4.69, 9.17) is 4.74 Å². The predicted molar refractivity (Wildman–Crippen MR) is 88.7 cm³/mol. The van der Waals surface area contributed by atoms with E-state index >= 15 is 0 Å². The lowest BCUT2D eigenvalue weighted by atomic mass is 9.90. The van der Waals surface area contributed by atoms with Crippen LogP contribution in [0.5, 0.6) is 0 Å². The van der Waals surface area contributed by atoms with E-state index in [9.17, 15) is 5.11 Å². The highest BCUT2D eigenvalue weighted by molar-refractivity contribution is 4.86. The molecule has 1 rings (SSSR count). The molecule has 2 N–H and O–H groups in total. The summed E-state index contributed by atoms with van der Waals surface area (Å²) in [6, 6.07) is 0. The maximum absolute atomic E-state index is 9.74. The molecule has 0 radical (unpaired) electrons. The SMILES string of the molecule is CCCNC(CC)(CO)CCCN1CCC(OCC)CC1. The summed E-state index contributed by atoms with van der Waals surface area (Å²) in [5.41, 5.74) is -0.0698. The molecule has 0 bridgehead atoms. The topological polar surface area (TPSA) is 44.7 Å². The number of aliphatic hydroxyl groups excluding tert-OH is 1. The Hall–Kier alpha value is -0.160. The van der Waals surface area contributed by atoms with Gasteiger partial charge in [-0.1, -0.05) is 13.8 Å². The Balaban J connectivity index is 2.25. The molecule has 4 heteroatoms. The fourth-order valence-electron chi connectivity index (χ4n) is 3.20. The van der Waals surface area contributed by atoms with Crippen LogP contribution in [0, 0.1) is 0 Å². The zero-order valence-corrected chi connectivity index (χ0v) is 14.4. The maximum Gasteiger partial charge on any atom is 0.0613 e. The summed E-state index contributed by atoms with van der Waals surface area (Å²) in [7, 11) is 0. The van der Waals surface area contributed by atoms with Crippen molar-refractivity contribution in [2.24, 2.45) is 0 Å². The fraction of sp³-hybridized carbons (Fsp3) is 1.00. The number of piperidine rings is 1. The summed E-state index contributed by atoms with van der Waals surface area (Å²) >= 11 is 0. The van der Waals surface area contributed by atoms with Crippen LogP contribution in [0.3, 0.4) is 0 Å². The minimum absolute atomic E-state index is 0.0698. The molecule has 1 aliphatic rings. The monoisotopic (exact) mass is 300 g/mol. The van der Waals surface area contributed by atoms with E-state index in [1.165, 1.54) is 12.8 Å². The highest BCUT2D eigenvalue weighted by Gasteiger charge is 2.26. The van der Waals surface area contributed by atoms with Crippen LogP contribution in [0.25, 0.3) is 0 Å². The highest BCUT2D eigenvalue weighted by atomic mass is 16.5. The van der Waals surface area contributed by atoms with E-state index in [0.29, 0.717) is 6.10 Å². The second-order valence-corrected chi connectivity index (χ2v) is 6.32. The Bertz CT molecular complexity index is 249. The number of aliphatic hydroxyl groups is 1. The summed E-state index contributed by atoms with van der Waals surface area (Å²) in [4.78, 5) is 2.55. The average molecular weight is 300 g/mol. The lowest BCUT2D eigenvalue weighted by molar-refractivity contribution is 0.0132. The first-order valence-corrected chi connectivity index (χ1v) is 8.89. The molecule has 0 amide bonds. The third kappa shape index (κ3) is 6.64. The van der Waals surface area contributed by atoms with Gasteiger partial charge in [-0.15, -0.1) is 0 Å². The first-order chi connectivity index (χ1) is 10.2. The van der Waals surface area contributed by atoms with Gasteiger partial charge < -0.3 is 20.1 Å². The van der Waals surface area contributed by atoms with Crippen LogP contribution in [-0.2, 0) is 4.74 Å². The van der Waals surface area contributed by atoms with Crippen molar-refractivity contribution in [2.45, 2.75) is 70.9 Å². The van der Waals surface area contributed by atoms with E-state index in [2.05, 4.69) is 31.0 Å². The van der Waals surface area contributed by atoms with Crippen LogP contribution < -0.4 is 5.32 Å². The van der Waals surface area contributed by atoms with Gasteiger partial charge in [0.1, 0.15) is 0 Å². The number of likely N-dealkylation sites (tertiary alicyclic amines) is 1. The van der Waals surface area contributed by atoms with Crippen LogP contribution in [0.15, 0.2) is 0 Å². The van der Waals surface area contributed by atoms with Crippen molar-refractivity contribution in [3.8, 4) is 0 Å². The Kier molecular flexibility index (Phi) is 9.49. The van der Waals surface area contributed by atoms with Gasteiger partial charge in [0.25, 0.3) is 0 Å². The van der Waals surface area contributed by atoms with E-state index in [0.717, 1.165) is 58.5 Å². The van der Waals surface area contributed by atoms with Crippen molar-refractivity contribution >= 4 is 0 Å². The minimum atomic E-state index is -0.0698. The largest absolute Gasteiger partial charge is 0.394 e. The summed E-state index contributed by atoms with van der Waals surface area (Å²) in [6.07, 6.45) is 7.14. The van der Waals surface area contributed by atoms with Gasteiger partial charge in [-0.05, 0) is 58.5 Å². The summed E-state index contributed by atoms with van der Waals surface area (Å²) in [5.74, 6) is 0. The number of nitrogens with one attached hydrogen (secondary N) is 1. The average Bonchev–Trinajstić information content (AvgIpc) is 2.53. The summed E-state index contributed by atoms with van der Waals surface area (Å²) < 4.78 is 5.70. The van der Waals surface area contributed by atoms with Crippen molar-refractivity contribution in [3.05, 3.63) is 0 Å². The lowest BCUT2D eigenvalue weighted by Crippen LogP contribution is -2.49. The second-order valence-electron chi connectivity index (χ2n) is 6.32. The first-order valence-electron chi connectivity index (χ1n) is 8.89. The van der Waals surface area contributed by atoms with Crippen LogP contribution in [0.4, 0.5) is 0 Å². The molecule has 0 spiro atoms. The number of hydrogen-bond acceptors (Lipinski definition) is 4. The van der Waals surface area contributed by atoms with Crippen LogP contribution in [-0.4, -0.2) is 61.0 Å². The lowest BCUT2D eigenvalue weighted by Gasteiger charge is -2.35. The molecule has 0 saturated carbocycles. The molecule has 0 aliphatic carbocycles. The van der Waals surface area contributed by atoms with Gasteiger partial charge in [0.2, 0.25) is 0 Å². The van der Waals surface area contributed by atoms with Crippen LogP contribution in [0.1, 0.15) is 59.3 Å². The van der Waals surface area contributed by atoms with E-state index in [-0.39, 0.29) is 12.1 Å². The summed E-state index contributed by atoms with van der Waals surface area (Å²) in [5, 5.41) is 13.3. The zero-order chi connectivity index (χ0) is 15.6. The van der Waals surface area contributed by atoms with E-state index in [1.807, 2.05) is 0 Å². The third-order valence-corrected chi connectivity index (χ3v) is 4.80. The smallest absolute Gasteiger partial charge is 0.0613 e. The Morgan fingerprint density at radius 2 is 1.95 bits per heavy atom. The Labute approximate surface area is 131 Å². The Morgan fingerprint density at radius 1 is 1.24 bits per heavy atom. The quantitative estimate of drug-likeness (QED) is 0.615. The van der Waals surface area contributed by atoms with Crippen LogP contribution in [0.2, 0.25) is 0 Å². The highest BCUT2D eigenvalue weighted by Crippen LogP contribution is 2.19. The molecule has 1 atom stereocenters. The van der Waals surface area contributed by atoms with Gasteiger partial charge in [-0.3, -0.25) is 0 Å². The molecule has 126 valence electrons.